The number of aliphatic carboxylic acids is 1. The van der Waals surface area contributed by atoms with Crippen molar-refractivity contribution >= 4 is 35.8 Å². The maximum Gasteiger partial charge on any atom is 0.408 e. The summed E-state index contributed by atoms with van der Waals surface area (Å²) in [5.74, 6) is -3.43. The van der Waals surface area contributed by atoms with Gasteiger partial charge >= 0.3 is 18.0 Å². The largest absolute Gasteiger partial charge is 0.480 e. The number of benzene rings is 3. The van der Waals surface area contributed by atoms with Crippen LogP contribution in [-0.2, 0) is 41.5 Å². The van der Waals surface area contributed by atoms with E-state index >= 15 is 0 Å². The Kier molecular flexibility index (Phi) is 15.1. The van der Waals surface area contributed by atoms with Crippen molar-refractivity contribution in [2.24, 2.45) is 0 Å². The topological polar surface area (TPSA) is 180 Å². The Hall–Kier alpha value is -5.72. The zero-order valence-corrected chi connectivity index (χ0v) is 31.0. The van der Waals surface area contributed by atoms with Gasteiger partial charge in [0.25, 0.3) is 0 Å². The van der Waals surface area contributed by atoms with Gasteiger partial charge in [-0.1, -0.05) is 78.9 Å². The highest BCUT2D eigenvalue weighted by atomic mass is 16.6. The molecule has 3 aromatic rings. The third-order valence-electron chi connectivity index (χ3n) is 8.77. The molecular formula is C41H50N4O9. The fraction of sp³-hybridized carbons (Fsp3) is 0.415. The molecule has 0 unspecified atom stereocenters. The number of nitrogens with one attached hydrogen (secondary N) is 3. The van der Waals surface area contributed by atoms with Gasteiger partial charge in [0.2, 0.25) is 17.7 Å². The van der Waals surface area contributed by atoms with Crippen LogP contribution in [0.3, 0.4) is 0 Å². The molecule has 0 radical (unpaired) electrons. The van der Waals surface area contributed by atoms with E-state index in [0.717, 1.165) is 11.1 Å². The van der Waals surface area contributed by atoms with E-state index in [1.165, 1.54) is 4.90 Å². The Morgan fingerprint density at radius 3 is 1.85 bits per heavy atom. The molecule has 0 bridgehead atoms. The Balaban J connectivity index is 1.52. The van der Waals surface area contributed by atoms with E-state index in [4.69, 9.17) is 9.47 Å². The number of likely N-dealkylation sites (tertiary alicyclic amines) is 1. The van der Waals surface area contributed by atoms with Crippen molar-refractivity contribution in [3.8, 4) is 0 Å². The smallest absolute Gasteiger partial charge is 0.408 e. The lowest BCUT2D eigenvalue weighted by Crippen LogP contribution is -2.58. The van der Waals surface area contributed by atoms with Crippen molar-refractivity contribution in [1.29, 1.82) is 0 Å². The lowest BCUT2D eigenvalue weighted by Gasteiger charge is -2.29. The van der Waals surface area contributed by atoms with Crippen LogP contribution in [0.2, 0.25) is 0 Å². The predicted octanol–water partition coefficient (Wildman–Crippen LogP) is 4.44. The molecule has 1 fully saturated rings. The number of carboxylic acid groups (broad SMARTS) is 1. The molecule has 13 nitrogen and oxygen atoms in total. The number of carbonyl (C=O) groups excluding carboxylic acids is 5. The second-order valence-corrected chi connectivity index (χ2v) is 14.2. The van der Waals surface area contributed by atoms with Gasteiger partial charge in [-0.3, -0.25) is 14.4 Å². The molecule has 4 rings (SSSR count). The second kappa shape index (κ2) is 19.9. The zero-order chi connectivity index (χ0) is 39.1. The summed E-state index contributed by atoms with van der Waals surface area (Å²) >= 11 is 0. The molecule has 4 atom stereocenters. The monoisotopic (exact) mass is 742 g/mol. The molecule has 13 heteroatoms. The Morgan fingerprint density at radius 2 is 1.28 bits per heavy atom. The van der Waals surface area contributed by atoms with Crippen LogP contribution in [-0.4, -0.2) is 88.7 Å². The fourth-order valence-electron chi connectivity index (χ4n) is 6.13. The first-order valence-corrected chi connectivity index (χ1v) is 18.2. The normalized spacial score (nSPS) is 15.6. The first-order chi connectivity index (χ1) is 25.8. The van der Waals surface area contributed by atoms with E-state index < -0.39 is 65.5 Å². The van der Waals surface area contributed by atoms with Crippen LogP contribution >= 0.6 is 0 Å². The SMILES string of the molecule is CC(C)(C)OC(=O)N[C@@H](CCCCOC(=O)c1ccccc1)C(=O)N[C@@H](Cc1ccccc1)C(=O)N[C@@H](Cc1ccccc1)C(=O)N1CCC[C@@H]1C(=O)O. The number of nitrogens with zero attached hydrogens (tertiary/aromatic N) is 1. The zero-order valence-electron chi connectivity index (χ0n) is 31.0. The number of hydrogen-bond acceptors (Lipinski definition) is 8. The maximum atomic E-state index is 14.2. The summed E-state index contributed by atoms with van der Waals surface area (Å²) in [4.78, 5) is 80.5. The van der Waals surface area contributed by atoms with E-state index in [-0.39, 0.29) is 32.4 Å². The molecule has 4 amide bonds. The summed E-state index contributed by atoms with van der Waals surface area (Å²) < 4.78 is 10.8. The number of rotatable bonds is 17. The first-order valence-electron chi connectivity index (χ1n) is 18.2. The summed E-state index contributed by atoms with van der Waals surface area (Å²) in [5.41, 5.74) is 1.05. The van der Waals surface area contributed by atoms with Crippen molar-refractivity contribution in [3.63, 3.8) is 0 Å². The average Bonchev–Trinajstić information content (AvgIpc) is 3.64. The molecule has 54 heavy (non-hydrogen) atoms. The minimum Gasteiger partial charge on any atom is -0.480 e. The molecule has 0 aliphatic carbocycles. The van der Waals surface area contributed by atoms with E-state index in [0.29, 0.717) is 31.2 Å². The van der Waals surface area contributed by atoms with Crippen molar-refractivity contribution in [3.05, 3.63) is 108 Å². The standard InChI is InChI=1S/C41H50N4O9/c1-41(2,3)54-40(52)44-31(22-13-14-25-53-39(51)30-20-11-6-12-21-30)35(46)42-32(26-28-16-7-4-8-17-28)36(47)43-33(27-29-18-9-5-10-19-29)37(48)45-24-15-23-34(45)38(49)50/h4-12,16-21,31-34H,13-15,22-27H2,1-3H3,(H,42,46)(H,43,47)(H,44,52)(H,49,50)/t31-,32-,33-,34+/m0/s1. The Morgan fingerprint density at radius 1 is 0.741 bits per heavy atom. The van der Waals surface area contributed by atoms with Crippen LogP contribution in [0.5, 0.6) is 0 Å². The van der Waals surface area contributed by atoms with Crippen LogP contribution < -0.4 is 16.0 Å². The third kappa shape index (κ3) is 13.0. The van der Waals surface area contributed by atoms with Crippen molar-refractivity contribution < 1.29 is 43.3 Å². The molecule has 1 saturated heterocycles. The Bertz CT molecular complexity index is 1710. The van der Waals surface area contributed by atoms with Crippen LogP contribution in [0.1, 0.15) is 74.4 Å². The van der Waals surface area contributed by atoms with Crippen LogP contribution in [0.15, 0.2) is 91.0 Å². The minimum absolute atomic E-state index is 0.0563. The number of esters is 1. The molecular weight excluding hydrogens is 692 g/mol. The molecule has 3 aromatic carbocycles. The lowest BCUT2D eigenvalue weighted by atomic mass is 10.0. The number of unbranched alkanes of at least 4 members (excludes halogenated alkanes) is 1. The van der Waals surface area contributed by atoms with E-state index in [2.05, 4.69) is 16.0 Å². The summed E-state index contributed by atoms with van der Waals surface area (Å²) in [6, 6.07) is 22.2. The number of carbonyl (C=O) groups is 6. The summed E-state index contributed by atoms with van der Waals surface area (Å²) in [5, 5.41) is 18.0. The first kappa shape index (κ1) is 41.0. The van der Waals surface area contributed by atoms with Gasteiger partial charge in [0, 0.05) is 19.4 Å². The van der Waals surface area contributed by atoms with Gasteiger partial charge in [-0.15, -0.1) is 0 Å². The van der Waals surface area contributed by atoms with Crippen LogP contribution in [0.4, 0.5) is 4.79 Å². The quantitative estimate of drug-likeness (QED) is 0.115. The van der Waals surface area contributed by atoms with Gasteiger partial charge in [0.05, 0.1) is 12.2 Å². The molecule has 4 N–H and O–H groups in total. The van der Waals surface area contributed by atoms with Gasteiger partial charge < -0.3 is 35.4 Å². The number of ether oxygens (including phenoxy) is 2. The molecule has 288 valence electrons. The number of carboxylic acids is 1. The van der Waals surface area contributed by atoms with Gasteiger partial charge in [-0.05, 0) is 76.1 Å². The summed E-state index contributed by atoms with van der Waals surface area (Å²) in [7, 11) is 0. The number of amides is 4. The van der Waals surface area contributed by atoms with Crippen LogP contribution in [0.25, 0.3) is 0 Å². The van der Waals surface area contributed by atoms with Crippen molar-refractivity contribution in [1.82, 2.24) is 20.9 Å². The van der Waals surface area contributed by atoms with E-state index in [1.807, 2.05) is 24.3 Å². The molecule has 1 heterocycles. The van der Waals surface area contributed by atoms with Gasteiger partial charge in [0.1, 0.15) is 29.8 Å². The highest BCUT2D eigenvalue weighted by Gasteiger charge is 2.39. The van der Waals surface area contributed by atoms with Crippen molar-refractivity contribution in [2.75, 3.05) is 13.2 Å². The number of hydrogen-bond donors (Lipinski definition) is 4. The molecule has 1 aliphatic heterocycles. The highest BCUT2D eigenvalue weighted by Crippen LogP contribution is 2.20. The van der Waals surface area contributed by atoms with Crippen LogP contribution in [0, 0.1) is 0 Å². The molecule has 0 saturated carbocycles. The minimum atomic E-state index is -1.19. The highest BCUT2D eigenvalue weighted by molar-refractivity contribution is 5.95. The predicted molar refractivity (Wildman–Crippen MR) is 200 cm³/mol. The van der Waals surface area contributed by atoms with Gasteiger partial charge in [-0.2, -0.15) is 0 Å². The Labute approximate surface area is 315 Å². The van der Waals surface area contributed by atoms with Gasteiger partial charge in [0.15, 0.2) is 0 Å². The van der Waals surface area contributed by atoms with E-state index in [9.17, 15) is 33.9 Å². The van der Waals surface area contributed by atoms with E-state index in [1.54, 1.807) is 87.5 Å². The summed E-state index contributed by atoms with van der Waals surface area (Å²) in [6.45, 7) is 5.40. The molecule has 0 aromatic heterocycles. The fourth-order valence-corrected chi connectivity index (χ4v) is 6.13. The number of alkyl carbamates (subject to hydrolysis) is 1. The average molecular weight is 743 g/mol. The summed E-state index contributed by atoms with van der Waals surface area (Å²) in [6.07, 6.45) is 1.05. The molecule has 1 aliphatic rings. The van der Waals surface area contributed by atoms with Gasteiger partial charge in [-0.25, -0.2) is 14.4 Å². The maximum absolute atomic E-state index is 14.2. The van der Waals surface area contributed by atoms with Crippen molar-refractivity contribution in [2.45, 2.75) is 95.5 Å². The molecule has 0 spiro atoms. The second-order valence-electron chi connectivity index (χ2n) is 14.2. The third-order valence-corrected chi connectivity index (χ3v) is 8.77. The lowest BCUT2D eigenvalue weighted by molar-refractivity contribution is -0.149.